The number of nitrogens with one attached hydrogen (secondary N) is 1. The van der Waals surface area contributed by atoms with Gasteiger partial charge in [-0.2, -0.15) is 0 Å². The van der Waals surface area contributed by atoms with Crippen molar-refractivity contribution < 1.29 is 15.0 Å². The number of hydrogen-bond donors (Lipinski definition) is 3. The van der Waals surface area contributed by atoms with Gasteiger partial charge in [-0.1, -0.05) is 28.4 Å². The number of benzene rings is 1. The minimum atomic E-state index is -0.370. The lowest BCUT2D eigenvalue weighted by molar-refractivity contribution is 0.0949. The first-order valence-electron chi connectivity index (χ1n) is 5.52. The largest absolute Gasteiger partial charge is 0.504 e. The molecule has 94 valence electrons. The molecule has 0 bridgehead atoms. The van der Waals surface area contributed by atoms with E-state index in [0.29, 0.717) is 6.54 Å². The summed E-state index contributed by atoms with van der Waals surface area (Å²) in [5.74, 6) is -1.01. The van der Waals surface area contributed by atoms with Crippen molar-refractivity contribution in [1.29, 1.82) is 0 Å². The van der Waals surface area contributed by atoms with Gasteiger partial charge in [0.05, 0.1) is 5.56 Å². The van der Waals surface area contributed by atoms with E-state index in [2.05, 4.69) is 21.2 Å². The fourth-order valence-electron chi connectivity index (χ4n) is 1.41. The summed E-state index contributed by atoms with van der Waals surface area (Å²) in [5.41, 5.74) is 0.102. The molecule has 4 nitrogen and oxygen atoms in total. The van der Waals surface area contributed by atoms with Gasteiger partial charge in [-0.25, -0.2) is 0 Å². The molecule has 1 aromatic carbocycles. The normalized spacial score (nSPS) is 10.2. The minimum Gasteiger partial charge on any atom is -0.504 e. The Kier molecular flexibility index (Phi) is 5.83. The fraction of sp³-hybridized carbons (Fsp3) is 0.417. The highest BCUT2D eigenvalue weighted by molar-refractivity contribution is 9.09. The molecule has 3 N–H and O–H groups in total. The summed E-state index contributed by atoms with van der Waals surface area (Å²) in [4.78, 5) is 11.7. The van der Waals surface area contributed by atoms with Gasteiger partial charge in [-0.15, -0.1) is 0 Å². The van der Waals surface area contributed by atoms with Crippen molar-refractivity contribution in [3.05, 3.63) is 23.8 Å². The summed E-state index contributed by atoms with van der Waals surface area (Å²) in [6, 6.07) is 4.33. The summed E-state index contributed by atoms with van der Waals surface area (Å²) in [6.07, 6.45) is 3.02. The third-order valence-electron chi connectivity index (χ3n) is 2.36. The average Bonchev–Trinajstić information content (AvgIpc) is 2.32. The third-order valence-corrected chi connectivity index (χ3v) is 2.92. The van der Waals surface area contributed by atoms with Gasteiger partial charge in [0.2, 0.25) is 0 Å². The zero-order valence-electron chi connectivity index (χ0n) is 9.45. The van der Waals surface area contributed by atoms with Crippen LogP contribution in [0.4, 0.5) is 0 Å². The molecule has 0 spiro atoms. The molecule has 1 rings (SSSR count). The van der Waals surface area contributed by atoms with Crippen molar-refractivity contribution in [1.82, 2.24) is 5.32 Å². The molecule has 0 aliphatic carbocycles. The summed E-state index contributed by atoms with van der Waals surface area (Å²) in [7, 11) is 0. The number of unbranched alkanes of at least 4 members (excludes halogenated alkanes) is 2. The number of amides is 1. The highest BCUT2D eigenvalue weighted by Crippen LogP contribution is 2.27. The van der Waals surface area contributed by atoms with Gasteiger partial charge in [-0.05, 0) is 25.0 Å². The molecule has 5 heteroatoms. The Hall–Kier alpha value is -1.23. The number of alkyl halides is 1. The predicted molar refractivity (Wildman–Crippen MR) is 69.7 cm³/mol. The molecular weight excluding hydrogens is 286 g/mol. The standard InChI is InChI=1S/C12H16BrNO3/c13-7-2-1-3-8-14-12(17)9-5-4-6-10(15)11(9)16/h4-6,15-16H,1-3,7-8H2,(H,14,17). The summed E-state index contributed by atoms with van der Waals surface area (Å²) in [5, 5.41) is 22.4. The summed E-state index contributed by atoms with van der Waals surface area (Å²) < 4.78 is 0. The molecule has 0 heterocycles. The van der Waals surface area contributed by atoms with Gasteiger partial charge in [0, 0.05) is 11.9 Å². The first-order valence-corrected chi connectivity index (χ1v) is 6.64. The number of phenols is 2. The minimum absolute atomic E-state index is 0.102. The van der Waals surface area contributed by atoms with E-state index in [1.165, 1.54) is 18.2 Å². The zero-order valence-corrected chi connectivity index (χ0v) is 11.0. The topological polar surface area (TPSA) is 69.6 Å². The molecule has 0 aromatic heterocycles. The fourth-order valence-corrected chi connectivity index (χ4v) is 1.80. The molecule has 0 saturated heterocycles. The van der Waals surface area contributed by atoms with E-state index in [1.54, 1.807) is 0 Å². The molecule has 0 unspecified atom stereocenters. The summed E-state index contributed by atoms with van der Waals surface area (Å²) in [6.45, 7) is 0.570. The van der Waals surface area contributed by atoms with Crippen LogP contribution in [0.3, 0.4) is 0 Å². The molecule has 0 radical (unpaired) electrons. The first kappa shape index (κ1) is 13.8. The molecule has 1 amide bonds. The van der Waals surface area contributed by atoms with E-state index in [4.69, 9.17) is 0 Å². The molecule has 0 aliphatic rings. The second-order valence-electron chi connectivity index (χ2n) is 3.68. The van der Waals surface area contributed by atoms with Crippen LogP contribution < -0.4 is 5.32 Å². The average molecular weight is 302 g/mol. The van der Waals surface area contributed by atoms with E-state index in [9.17, 15) is 15.0 Å². The van der Waals surface area contributed by atoms with Gasteiger partial charge in [-0.3, -0.25) is 4.79 Å². The maximum absolute atomic E-state index is 11.7. The monoisotopic (exact) mass is 301 g/mol. The Morgan fingerprint density at radius 3 is 2.71 bits per heavy atom. The number of para-hydroxylation sites is 1. The van der Waals surface area contributed by atoms with E-state index in [-0.39, 0.29) is 23.0 Å². The van der Waals surface area contributed by atoms with E-state index < -0.39 is 0 Å². The van der Waals surface area contributed by atoms with Crippen LogP contribution in [0.2, 0.25) is 0 Å². The van der Waals surface area contributed by atoms with Crippen LogP contribution in [0.15, 0.2) is 18.2 Å². The SMILES string of the molecule is O=C(NCCCCCBr)c1cccc(O)c1O. The van der Waals surface area contributed by atoms with Crippen LogP contribution in [0.5, 0.6) is 11.5 Å². The molecule has 17 heavy (non-hydrogen) atoms. The van der Waals surface area contributed by atoms with Gasteiger partial charge >= 0.3 is 0 Å². The van der Waals surface area contributed by atoms with Crippen molar-refractivity contribution in [2.75, 3.05) is 11.9 Å². The molecule has 0 saturated carbocycles. The molecule has 0 fully saturated rings. The summed E-state index contributed by atoms with van der Waals surface area (Å²) >= 11 is 3.34. The number of carbonyl (C=O) groups is 1. The molecule has 1 aromatic rings. The second-order valence-corrected chi connectivity index (χ2v) is 4.47. The van der Waals surface area contributed by atoms with Crippen molar-refractivity contribution in [3.63, 3.8) is 0 Å². The van der Waals surface area contributed by atoms with Crippen LogP contribution in [0.25, 0.3) is 0 Å². The quantitative estimate of drug-likeness (QED) is 0.429. The van der Waals surface area contributed by atoms with Gasteiger partial charge < -0.3 is 15.5 Å². The Bertz CT molecular complexity index is 382. The highest BCUT2D eigenvalue weighted by Gasteiger charge is 2.12. The van der Waals surface area contributed by atoms with Crippen LogP contribution in [-0.4, -0.2) is 28.0 Å². The smallest absolute Gasteiger partial charge is 0.255 e. The number of carbonyl (C=O) groups excluding carboxylic acids is 1. The van der Waals surface area contributed by atoms with Gasteiger partial charge in [0.1, 0.15) is 0 Å². The molecular formula is C12H16BrNO3. The Balaban J connectivity index is 2.44. The van der Waals surface area contributed by atoms with Crippen molar-refractivity contribution in [3.8, 4) is 11.5 Å². The third kappa shape index (κ3) is 4.26. The maximum Gasteiger partial charge on any atom is 0.255 e. The highest BCUT2D eigenvalue weighted by atomic mass is 79.9. The number of phenolic OH excluding ortho intramolecular Hbond substituents is 2. The van der Waals surface area contributed by atoms with Crippen molar-refractivity contribution >= 4 is 21.8 Å². The number of rotatable bonds is 6. The van der Waals surface area contributed by atoms with E-state index >= 15 is 0 Å². The van der Waals surface area contributed by atoms with Gasteiger partial charge in [0.25, 0.3) is 5.91 Å². The Labute approximate surface area is 109 Å². The number of aromatic hydroxyl groups is 2. The maximum atomic E-state index is 11.7. The van der Waals surface area contributed by atoms with E-state index in [1.807, 2.05) is 0 Å². The number of hydrogen-bond acceptors (Lipinski definition) is 3. The van der Waals surface area contributed by atoms with Crippen LogP contribution >= 0.6 is 15.9 Å². The predicted octanol–water partition coefficient (Wildman–Crippen LogP) is 2.39. The van der Waals surface area contributed by atoms with Crippen LogP contribution in [-0.2, 0) is 0 Å². The van der Waals surface area contributed by atoms with Crippen molar-refractivity contribution in [2.24, 2.45) is 0 Å². The Morgan fingerprint density at radius 2 is 2.00 bits per heavy atom. The lowest BCUT2D eigenvalue weighted by Gasteiger charge is -2.07. The zero-order chi connectivity index (χ0) is 12.7. The van der Waals surface area contributed by atoms with E-state index in [0.717, 1.165) is 24.6 Å². The van der Waals surface area contributed by atoms with Crippen LogP contribution in [0, 0.1) is 0 Å². The first-order chi connectivity index (χ1) is 8.16. The molecule has 0 aliphatic heterocycles. The van der Waals surface area contributed by atoms with Gasteiger partial charge in [0.15, 0.2) is 11.5 Å². The van der Waals surface area contributed by atoms with Crippen molar-refractivity contribution in [2.45, 2.75) is 19.3 Å². The number of halogens is 1. The van der Waals surface area contributed by atoms with Crippen LogP contribution in [0.1, 0.15) is 29.6 Å². The lowest BCUT2D eigenvalue weighted by Crippen LogP contribution is -2.24. The molecule has 0 atom stereocenters. The lowest BCUT2D eigenvalue weighted by atomic mass is 10.1. The second kappa shape index (κ2) is 7.17. The Morgan fingerprint density at radius 1 is 1.24 bits per heavy atom.